The Labute approximate surface area is 125 Å². The molecular weight excluding hydrogens is 268 g/mol. The molecule has 1 aromatic rings. The van der Waals surface area contributed by atoms with Gasteiger partial charge >= 0.3 is 12.0 Å². The zero-order valence-corrected chi connectivity index (χ0v) is 12.9. The van der Waals surface area contributed by atoms with Crippen LogP contribution in [0, 0.1) is 19.8 Å². The van der Waals surface area contributed by atoms with Crippen molar-refractivity contribution in [1.82, 2.24) is 4.90 Å². The van der Waals surface area contributed by atoms with Crippen LogP contribution in [0.5, 0.6) is 0 Å². The number of nitrogens with one attached hydrogen (secondary N) is 1. The van der Waals surface area contributed by atoms with Gasteiger partial charge in [0.25, 0.3) is 0 Å². The van der Waals surface area contributed by atoms with E-state index in [-0.39, 0.29) is 17.6 Å². The molecule has 0 saturated carbocycles. The van der Waals surface area contributed by atoms with E-state index in [1.807, 2.05) is 26.8 Å². The fourth-order valence-corrected chi connectivity index (χ4v) is 3.06. The molecule has 0 spiro atoms. The van der Waals surface area contributed by atoms with Gasteiger partial charge in [0.2, 0.25) is 0 Å². The number of hydrogen-bond acceptors (Lipinski definition) is 2. The van der Waals surface area contributed by atoms with Crippen molar-refractivity contribution in [3.8, 4) is 0 Å². The van der Waals surface area contributed by atoms with E-state index >= 15 is 0 Å². The summed E-state index contributed by atoms with van der Waals surface area (Å²) in [4.78, 5) is 25.6. The molecule has 1 heterocycles. The smallest absolute Gasteiger partial charge is 0.337 e. The molecule has 2 amide bonds. The summed E-state index contributed by atoms with van der Waals surface area (Å²) < 4.78 is 0. The number of aromatic carboxylic acids is 1. The predicted octanol–water partition coefficient (Wildman–Crippen LogP) is 3.26. The van der Waals surface area contributed by atoms with Crippen LogP contribution in [0.2, 0.25) is 0 Å². The van der Waals surface area contributed by atoms with Gasteiger partial charge in [0.05, 0.1) is 11.3 Å². The van der Waals surface area contributed by atoms with Crippen LogP contribution in [0.4, 0.5) is 10.5 Å². The van der Waals surface area contributed by atoms with Crippen molar-refractivity contribution in [2.75, 3.05) is 11.9 Å². The Balaban J connectivity index is 2.27. The number of carboxylic acid groups (broad SMARTS) is 1. The minimum absolute atomic E-state index is 0.140. The van der Waals surface area contributed by atoms with Crippen LogP contribution in [-0.4, -0.2) is 34.6 Å². The standard InChI is InChI=1S/C16H22N2O3/c1-9-5-11(3)14(13(7-9)15(19)20)17-16(21)18-8-10(2)6-12(18)4/h5,7,10,12H,6,8H2,1-4H3,(H,17,21)(H,19,20). The molecule has 21 heavy (non-hydrogen) atoms. The molecule has 5 heteroatoms. The highest BCUT2D eigenvalue weighted by molar-refractivity contribution is 6.01. The Morgan fingerprint density at radius 1 is 1.29 bits per heavy atom. The lowest BCUT2D eigenvalue weighted by molar-refractivity contribution is 0.0698. The molecule has 1 aliphatic rings. The molecule has 1 aromatic carbocycles. The van der Waals surface area contributed by atoms with E-state index in [2.05, 4.69) is 12.2 Å². The first-order valence-electron chi connectivity index (χ1n) is 7.21. The fraction of sp³-hybridized carbons (Fsp3) is 0.500. The maximum atomic E-state index is 12.4. The zero-order valence-electron chi connectivity index (χ0n) is 12.9. The first-order chi connectivity index (χ1) is 9.79. The van der Waals surface area contributed by atoms with Gasteiger partial charge in [0, 0.05) is 12.6 Å². The Bertz CT molecular complexity index is 583. The van der Waals surface area contributed by atoms with Crippen molar-refractivity contribution >= 4 is 17.7 Å². The number of urea groups is 1. The van der Waals surface area contributed by atoms with Gasteiger partial charge in [-0.25, -0.2) is 9.59 Å². The van der Waals surface area contributed by atoms with E-state index in [0.717, 1.165) is 17.5 Å². The SMILES string of the molecule is Cc1cc(C)c(NC(=O)N2CC(C)CC2C)c(C(=O)O)c1. The topological polar surface area (TPSA) is 69.6 Å². The van der Waals surface area contributed by atoms with Gasteiger partial charge in [0.1, 0.15) is 0 Å². The quantitative estimate of drug-likeness (QED) is 0.878. The summed E-state index contributed by atoms with van der Waals surface area (Å²) in [6, 6.07) is 3.42. The number of benzene rings is 1. The van der Waals surface area contributed by atoms with E-state index in [4.69, 9.17) is 0 Å². The molecule has 0 radical (unpaired) electrons. The summed E-state index contributed by atoms with van der Waals surface area (Å²) in [5, 5.41) is 12.1. The van der Waals surface area contributed by atoms with Crippen molar-refractivity contribution in [2.45, 2.75) is 40.2 Å². The highest BCUT2D eigenvalue weighted by Crippen LogP contribution is 2.26. The van der Waals surface area contributed by atoms with Crippen molar-refractivity contribution in [3.05, 3.63) is 28.8 Å². The second-order valence-corrected chi connectivity index (χ2v) is 6.08. The molecule has 0 aliphatic carbocycles. The van der Waals surface area contributed by atoms with Crippen LogP contribution < -0.4 is 5.32 Å². The highest BCUT2D eigenvalue weighted by atomic mass is 16.4. The van der Waals surface area contributed by atoms with Gasteiger partial charge in [-0.2, -0.15) is 0 Å². The summed E-state index contributed by atoms with van der Waals surface area (Å²) in [5.74, 6) is -0.552. The third kappa shape index (κ3) is 3.17. The molecular formula is C16H22N2O3. The molecule has 2 atom stereocenters. The summed E-state index contributed by atoms with van der Waals surface area (Å²) in [6.07, 6.45) is 0.978. The minimum Gasteiger partial charge on any atom is -0.478 e. The van der Waals surface area contributed by atoms with E-state index in [1.54, 1.807) is 11.0 Å². The number of carbonyl (C=O) groups excluding carboxylic acids is 1. The number of carbonyl (C=O) groups is 2. The van der Waals surface area contributed by atoms with Crippen LogP contribution in [-0.2, 0) is 0 Å². The van der Waals surface area contributed by atoms with Crippen molar-refractivity contribution in [2.24, 2.45) is 5.92 Å². The summed E-state index contributed by atoms with van der Waals surface area (Å²) in [5.41, 5.74) is 2.16. The number of anilines is 1. The van der Waals surface area contributed by atoms with Gasteiger partial charge in [-0.05, 0) is 50.3 Å². The lowest BCUT2D eigenvalue weighted by atomic mass is 10.0. The van der Waals surface area contributed by atoms with Crippen molar-refractivity contribution in [1.29, 1.82) is 0 Å². The fourth-order valence-electron chi connectivity index (χ4n) is 3.06. The van der Waals surface area contributed by atoms with Crippen LogP contribution >= 0.6 is 0 Å². The molecule has 2 N–H and O–H groups in total. The third-order valence-corrected chi connectivity index (χ3v) is 3.99. The number of nitrogens with zero attached hydrogens (tertiary/aromatic N) is 1. The van der Waals surface area contributed by atoms with Crippen LogP contribution in [0.1, 0.15) is 41.8 Å². The predicted molar refractivity (Wildman–Crippen MR) is 81.8 cm³/mol. The average Bonchev–Trinajstić information content (AvgIpc) is 2.71. The van der Waals surface area contributed by atoms with Crippen LogP contribution in [0.25, 0.3) is 0 Å². The van der Waals surface area contributed by atoms with E-state index in [1.165, 1.54) is 0 Å². The number of hydrogen-bond donors (Lipinski definition) is 2. The van der Waals surface area contributed by atoms with Gasteiger partial charge < -0.3 is 15.3 Å². The number of aryl methyl sites for hydroxylation is 2. The second kappa shape index (κ2) is 5.76. The van der Waals surface area contributed by atoms with E-state index < -0.39 is 5.97 Å². The van der Waals surface area contributed by atoms with Crippen LogP contribution in [0.15, 0.2) is 12.1 Å². The monoisotopic (exact) mass is 290 g/mol. The summed E-state index contributed by atoms with van der Waals surface area (Å²) >= 11 is 0. The zero-order chi connectivity index (χ0) is 15.7. The Morgan fingerprint density at radius 2 is 1.95 bits per heavy atom. The molecule has 114 valence electrons. The Morgan fingerprint density at radius 3 is 2.48 bits per heavy atom. The van der Waals surface area contributed by atoms with E-state index in [0.29, 0.717) is 18.2 Å². The molecule has 1 saturated heterocycles. The highest BCUT2D eigenvalue weighted by Gasteiger charge is 2.30. The van der Waals surface area contributed by atoms with Gasteiger partial charge in [-0.1, -0.05) is 13.0 Å². The van der Waals surface area contributed by atoms with Crippen LogP contribution in [0.3, 0.4) is 0 Å². The van der Waals surface area contributed by atoms with E-state index in [9.17, 15) is 14.7 Å². The lowest BCUT2D eigenvalue weighted by Crippen LogP contribution is -2.38. The molecule has 0 bridgehead atoms. The van der Waals surface area contributed by atoms with Gasteiger partial charge in [0.15, 0.2) is 0 Å². The first kappa shape index (κ1) is 15.4. The maximum absolute atomic E-state index is 12.4. The number of likely N-dealkylation sites (tertiary alicyclic amines) is 1. The van der Waals surface area contributed by atoms with Gasteiger partial charge in [-0.3, -0.25) is 0 Å². The Hall–Kier alpha value is -2.04. The normalized spacial score (nSPS) is 21.4. The largest absolute Gasteiger partial charge is 0.478 e. The molecule has 1 fully saturated rings. The molecule has 0 aromatic heterocycles. The second-order valence-electron chi connectivity index (χ2n) is 6.08. The summed E-state index contributed by atoms with van der Waals surface area (Å²) in [7, 11) is 0. The molecule has 5 nitrogen and oxygen atoms in total. The minimum atomic E-state index is -1.03. The average molecular weight is 290 g/mol. The lowest BCUT2D eigenvalue weighted by Gasteiger charge is -2.23. The number of amides is 2. The molecule has 2 unspecified atom stereocenters. The Kier molecular flexibility index (Phi) is 4.21. The third-order valence-electron chi connectivity index (χ3n) is 3.99. The summed E-state index contributed by atoms with van der Waals surface area (Å²) in [6.45, 7) is 8.49. The molecule has 1 aliphatic heterocycles. The maximum Gasteiger partial charge on any atom is 0.337 e. The number of rotatable bonds is 2. The number of carboxylic acids is 1. The first-order valence-corrected chi connectivity index (χ1v) is 7.21. The van der Waals surface area contributed by atoms with Crippen molar-refractivity contribution in [3.63, 3.8) is 0 Å². The molecule has 2 rings (SSSR count). The van der Waals surface area contributed by atoms with Crippen molar-refractivity contribution < 1.29 is 14.7 Å². The van der Waals surface area contributed by atoms with Gasteiger partial charge in [-0.15, -0.1) is 0 Å².